The van der Waals surface area contributed by atoms with Crippen molar-refractivity contribution < 1.29 is 4.74 Å². The molecule has 0 heterocycles. The zero-order valence-corrected chi connectivity index (χ0v) is 8.73. The van der Waals surface area contributed by atoms with E-state index >= 15 is 0 Å². The summed E-state index contributed by atoms with van der Waals surface area (Å²) in [6.07, 6.45) is 1.87. The molecule has 0 unspecified atom stereocenters. The SMILES string of the molecule is C=C[C@H](N)c1ccccc1OC(C)C. The molecule has 0 spiro atoms. The van der Waals surface area contributed by atoms with Gasteiger partial charge in [-0.1, -0.05) is 24.3 Å². The fraction of sp³-hybridized carbons (Fsp3) is 0.333. The van der Waals surface area contributed by atoms with Gasteiger partial charge in [-0.05, 0) is 19.9 Å². The Morgan fingerprint density at radius 2 is 2.00 bits per heavy atom. The second-order valence-corrected chi connectivity index (χ2v) is 3.47. The van der Waals surface area contributed by atoms with Crippen LogP contribution in [0.4, 0.5) is 0 Å². The van der Waals surface area contributed by atoms with Crippen LogP contribution in [0.5, 0.6) is 5.75 Å². The van der Waals surface area contributed by atoms with Crippen molar-refractivity contribution in [2.45, 2.75) is 26.0 Å². The Morgan fingerprint density at radius 1 is 1.36 bits per heavy atom. The molecule has 0 amide bonds. The van der Waals surface area contributed by atoms with Gasteiger partial charge in [0.2, 0.25) is 0 Å². The van der Waals surface area contributed by atoms with Gasteiger partial charge in [0.05, 0.1) is 12.1 Å². The lowest BCUT2D eigenvalue weighted by Crippen LogP contribution is -2.12. The molecule has 0 aliphatic carbocycles. The maximum Gasteiger partial charge on any atom is 0.124 e. The van der Waals surface area contributed by atoms with Gasteiger partial charge in [0, 0.05) is 5.56 Å². The van der Waals surface area contributed by atoms with E-state index in [0.717, 1.165) is 11.3 Å². The number of hydrogen-bond donors (Lipinski definition) is 1. The molecule has 0 aliphatic heterocycles. The second-order valence-electron chi connectivity index (χ2n) is 3.47. The van der Waals surface area contributed by atoms with Gasteiger partial charge in [0.1, 0.15) is 5.75 Å². The number of nitrogens with two attached hydrogens (primary N) is 1. The molecule has 0 fully saturated rings. The first-order chi connectivity index (χ1) is 6.65. The topological polar surface area (TPSA) is 35.2 Å². The minimum Gasteiger partial charge on any atom is -0.491 e. The minimum atomic E-state index is -0.162. The summed E-state index contributed by atoms with van der Waals surface area (Å²) in [6.45, 7) is 7.67. The van der Waals surface area contributed by atoms with Crippen molar-refractivity contribution in [2.75, 3.05) is 0 Å². The molecule has 0 radical (unpaired) electrons. The molecule has 0 bridgehead atoms. The van der Waals surface area contributed by atoms with Gasteiger partial charge in [-0.3, -0.25) is 0 Å². The zero-order valence-electron chi connectivity index (χ0n) is 8.73. The van der Waals surface area contributed by atoms with Crippen LogP contribution < -0.4 is 10.5 Å². The first-order valence-electron chi connectivity index (χ1n) is 4.79. The van der Waals surface area contributed by atoms with Gasteiger partial charge in [0.25, 0.3) is 0 Å². The number of benzene rings is 1. The van der Waals surface area contributed by atoms with Crippen LogP contribution in [0.25, 0.3) is 0 Å². The Kier molecular flexibility index (Phi) is 3.72. The molecular formula is C12H17NO. The summed E-state index contributed by atoms with van der Waals surface area (Å²) in [5, 5.41) is 0. The number of rotatable bonds is 4. The van der Waals surface area contributed by atoms with E-state index in [1.807, 2.05) is 38.1 Å². The molecule has 1 aromatic carbocycles. The maximum absolute atomic E-state index is 5.87. The highest BCUT2D eigenvalue weighted by Gasteiger charge is 2.09. The maximum atomic E-state index is 5.87. The molecule has 2 N–H and O–H groups in total. The Hall–Kier alpha value is -1.28. The third kappa shape index (κ3) is 2.60. The quantitative estimate of drug-likeness (QED) is 0.742. The highest BCUT2D eigenvalue weighted by atomic mass is 16.5. The van der Waals surface area contributed by atoms with Gasteiger partial charge in [-0.2, -0.15) is 0 Å². The average Bonchev–Trinajstić information content (AvgIpc) is 2.16. The molecule has 0 saturated heterocycles. The van der Waals surface area contributed by atoms with Crippen molar-refractivity contribution in [3.63, 3.8) is 0 Å². The van der Waals surface area contributed by atoms with Gasteiger partial charge in [0.15, 0.2) is 0 Å². The summed E-state index contributed by atoms with van der Waals surface area (Å²) in [7, 11) is 0. The van der Waals surface area contributed by atoms with Gasteiger partial charge < -0.3 is 10.5 Å². The van der Waals surface area contributed by atoms with E-state index in [1.165, 1.54) is 0 Å². The highest BCUT2D eigenvalue weighted by molar-refractivity contribution is 5.37. The molecule has 2 heteroatoms. The standard InChI is InChI=1S/C12H17NO/c1-4-11(13)10-7-5-6-8-12(10)14-9(2)3/h4-9,11H,1,13H2,2-3H3/t11-/m0/s1. The Morgan fingerprint density at radius 3 is 2.57 bits per heavy atom. The average molecular weight is 191 g/mol. The number of para-hydroxylation sites is 1. The summed E-state index contributed by atoms with van der Waals surface area (Å²) < 4.78 is 5.64. The van der Waals surface area contributed by atoms with Crippen LogP contribution in [0.15, 0.2) is 36.9 Å². The van der Waals surface area contributed by atoms with Crippen molar-refractivity contribution in [1.29, 1.82) is 0 Å². The van der Waals surface area contributed by atoms with Crippen LogP contribution in [0.3, 0.4) is 0 Å². The van der Waals surface area contributed by atoms with Crippen LogP contribution in [0.1, 0.15) is 25.5 Å². The van der Waals surface area contributed by atoms with Crippen LogP contribution >= 0.6 is 0 Å². The van der Waals surface area contributed by atoms with E-state index in [9.17, 15) is 0 Å². The predicted molar refractivity (Wildman–Crippen MR) is 59.3 cm³/mol. The summed E-state index contributed by atoms with van der Waals surface area (Å²) in [5.41, 5.74) is 6.86. The molecule has 76 valence electrons. The third-order valence-electron chi connectivity index (χ3n) is 1.89. The number of ether oxygens (including phenoxy) is 1. The monoisotopic (exact) mass is 191 g/mol. The van der Waals surface area contributed by atoms with E-state index in [0.29, 0.717) is 0 Å². The van der Waals surface area contributed by atoms with Crippen molar-refractivity contribution >= 4 is 0 Å². The lowest BCUT2D eigenvalue weighted by atomic mass is 10.1. The first kappa shape index (κ1) is 10.8. The summed E-state index contributed by atoms with van der Waals surface area (Å²) in [4.78, 5) is 0. The van der Waals surface area contributed by atoms with Crippen molar-refractivity contribution in [1.82, 2.24) is 0 Å². The predicted octanol–water partition coefficient (Wildman–Crippen LogP) is 2.66. The molecule has 0 saturated carbocycles. The van der Waals surface area contributed by atoms with Crippen molar-refractivity contribution in [3.05, 3.63) is 42.5 Å². The van der Waals surface area contributed by atoms with E-state index in [-0.39, 0.29) is 12.1 Å². The largest absolute Gasteiger partial charge is 0.491 e. The van der Waals surface area contributed by atoms with Gasteiger partial charge in [-0.25, -0.2) is 0 Å². The third-order valence-corrected chi connectivity index (χ3v) is 1.89. The smallest absolute Gasteiger partial charge is 0.124 e. The van der Waals surface area contributed by atoms with Crippen LogP contribution in [-0.4, -0.2) is 6.10 Å². The Bertz CT molecular complexity index is 307. The molecule has 1 aromatic rings. The molecule has 1 rings (SSSR count). The molecule has 2 nitrogen and oxygen atoms in total. The molecular weight excluding hydrogens is 174 g/mol. The normalized spacial score (nSPS) is 12.6. The second kappa shape index (κ2) is 4.82. The molecule has 0 aromatic heterocycles. The molecule has 1 atom stereocenters. The molecule has 14 heavy (non-hydrogen) atoms. The highest BCUT2D eigenvalue weighted by Crippen LogP contribution is 2.24. The number of hydrogen-bond acceptors (Lipinski definition) is 2. The Balaban J connectivity index is 2.96. The summed E-state index contributed by atoms with van der Waals surface area (Å²) in [5.74, 6) is 0.843. The van der Waals surface area contributed by atoms with Gasteiger partial charge >= 0.3 is 0 Å². The fourth-order valence-electron chi connectivity index (χ4n) is 1.24. The molecule has 0 aliphatic rings. The van der Waals surface area contributed by atoms with Crippen LogP contribution in [0, 0.1) is 0 Å². The lowest BCUT2D eigenvalue weighted by Gasteiger charge is -2.16. The summed E-state index contributed by atoms with van der Waals surface area (Å²) >= 11 is 0. The lowest BCUT2D eigenvalue weighted by molar-refractivity contribution is 0.239. The van der Waals surface area contributed by atoms with E-state index in [4.69, 9.17) is 10.5 Å². The Labute approximate surface area is 85.4 Å². The van der Waals surface area contributed by atoms with E-state index < -0.39 is 0 Å². The van der Waals surface area contributed by atoms with Crippen LogP contribution in [-0.2, 0) is 0 Å². The van der Waals surface area contributed by atoms with Crippen molar-refractivity contribution in [2.24, 2.45) is 5.73 Å². The van der Waals surface area contributed by atoms with E-state index in [2.05, 4.69) is 6.58 Å². The first-order valence-corrected chi connectivity index (χ1v) is 4.79. The van der Waals surface area contributed by atoms with Crippen LogP contribution in [0.2, 0.25) is 0 Å². The minimum absolute atomic E-state index is 0.160. The van der Waals surface area contributed by atoms with Crippen molar-refractivity contribution in [3.8, 4) is 5.75 Å². The van der Waals surface area contributed by atoms with E-state index in [1.54, 1.807) is 6.08 Å². The van der Waals surface area contributed by atoms with Gasteiger partial charge in [-0.15, -0.1) is 6.58 Å². The zero-order chi connectivity index (χ0) is 10.6. The summed E-state index contributed by atoms with van der Waals surface area (Å²) in [6, 6.07) is 7.62. The fourth-order valence-corrected chi connectivity index (χ4v) is 1.24.